The average Bonchev–Trinajstić information content (AvgIpc) is 2.86. The molecule has 3 aromatic rings. The number of halogens is 4. The van der Waals surface area contributed by atoms with E-state index in [2.05, 4.69) is 10.5 Å². The molecule has 7 nitrogen and oxygen atoms in total. The molecule has 1 amide bonds. The molecule has 1 aliphatic rings. The monoisotopic (exact) mass is 583 g/mol. The number of hydrazone groups is 1. The third-order valence-corrected chi connectivity index (χ3v) is 8.69. The van der Waals surface area contributed by atoms with Gasteiger partial charge >= 0.3 is 6.18 Å². The number of rotatable bonds is 9. The van der Waals surface area contributed by atoms with E-state index in [0.717, 1.165) is 23.6 Å². The Hall–Kier alpha value is -3.22. The molecule has 0 aliphatic carbocycles. The minimum atomic E-state index is -4.83. The molecule has 0 bridgehead atoms. The normalized spacial score (nSPS) is 14.2. The Kier molecular flexibility index (Phi) is 8.54. The first-order chi connectivity index (χ1) is 18.0. The topological polar surface area (TPSA) is 88.1 Å². The van der Waals surface area contributed by atoms with Crippen molar-refractivity contribution in [2.75, 3.05) is 22.4 Å². The van der Waals surface area contributed by atoms with E-state index in [1.165, 1.54) is 30.5 Å². The lowest BCUT2D eigenvalue weighted by Crippen LogP contribution is -2.39. The zero-order valence-electron chi connectivity index (χ0n) is 19.6. The Balaban J connectivity index is 1.52. The lowest BCUT2D eigenvalue weighted by molar-refractivity contribution is -0.137. The summed E-state index contributed by atoms with van der Waals surface area (Å²) in [5.74, 6) is 1.73. The maximum atomic E-state index is 13.5. The number of nitrogens with zero attached hydrogens (tertiary/aromatic N) is 2. The van der Waals surface area contributed by atoms with Gasteiger partial charge in [0, 0.05) is 11.5 Å². The van der Waals surface area contributed by atoms with Crippen LogP contribution in [0.15, 0.2) is 82.8 Å². The molecule has 1 saturated heterocycles. The highest BCUT2D eigenvalue weighted by molar-refractivity contribution is 8.00. The molecule has 1 fully saturated rings. The van der Waals surface area contributed by atoms with Crippen LogP contribution < -0.4 is 14.5 Å². The molecule has 200 valence electrons. The Morgan fingerprint density at radius 2 is 1.79 bits per heavy atom. The number of benzene rings is 3. The summed E-state index contributed by atoms with van der Waals surface area (Å²) < 4.78 is 73.3. The number of nitrogens with one attached hydrogen (secondary N) is 1. The van der Waals surface area contributed by atoms with Crippen LogP contribution in [0.5, 0.6) is 5.75 Å². The fraction of sp³-hybridized carbons (Fsp3) is 0.200. The van der Waals surface area contributed by atoms with Gasteiger partial charge in [0.25, 0.3) is 15.9 Å². The molecule has 0 spiro atoms. The van der Waals surface area contributed by atoms with E-state index < -0.39 is 39.2 Å². The van der Waals surface area contributed by atoms with Crippen LogP contribution in [0.3, 0.4) is 0 Å². The van der Waals surface area contributed by atoms with Crippen LogP contribution in [0, 0.1) is 0 Å². The lowest BCUT2D eigenvalue weighted by Gasteiger charge is -2.25. The molecule has 3 aromatic carbocycles. The van der Waals surface area contributed by atoms with E-state index in [1.807, 2.05) is 0 Å². The SMILES string of the molecule is O=C(CN(c1ccc(Cl)c(C(F)(F)F)c1)S(=O)(=O)c1ccccc1)N/N=C/c1ccc(OC2CSC2)cc1. The van der Waals surface area contributed by atoms with Crippen molar-refractivity contribution in [2.24, 2.45) is 5.10 Å². The lowest BCUT2D eigenvalue weighted by atomic mass is 10.2. The average molecular weight is 584 g/mol. The number of ether oxygens (including phenoxy) is 1. The molecule has 0 aromatic heterocycles. The van der Waals surface area contributed by atoms with E-state index in [-0.39, 0.29) is 16.7 Å². The Morgan fingerprint density at radius 1 is 1.11 bits per heavy atom. The van der Waals surface area contributed by atoms with Crippen molar-refractivity contribution in [3.8, 4) is 5.75 Å². The number of hydrogen-bond acceptors (Lipinski definition) is 6. The first-order valence-corrected chi connectivity index (χ1v) is 14.1. The van der Waals surface area contributed by atoms with E-state index in [1.54, 1.807) is 42.1 Å². The molecular weight excluding hydrogens is 563 g/mol. The third kappa shape index (κ3) is 6.80. The van der Waals surface area contributed by atoms with Crippen LogP contribution in [0.25, 0.3) is 0 Å². The molecule has 0 radical (unpaired) electrons. The summed E-state index contributed by atoms with van der Waals surface area (Å²) in [6.45, 7) is -0.834. The molecule has 38 heavy (non-hydrogen) atoms. The second-order valence-electron chi connectivity index (χ2n) is 8.13. The zero-order chi connectivity index (χ0) is 27.3. The molecule has 1 N–H and O–H groups in total. The number of carbonyl (C=O) groups is 1. The standard InChI is InChI=1S/C25H21ClF3N3O4S2/c26-23-11-8-18(12-22(23)25(27,28)29)32(38(34,35)21-4-2-1-3-5-21)14-24(33)31-30-13-17-6-9-19(10-7-17)36-20-15-37-16-20/h1-13,20H,14-16H2,(H,31,33)/b30-13+. The molecule has 1 heterocycles. The number of sulfonamides is 1. The van der Waals surface area contributed by atoms with Crippen molar-refractivity contribution >= 4 is 51.2 Å². The van der Waals surface area contributed by atoms with Crippen molar-refractivity contribution in [1.29, 1.82) is 0 Å². The molecule has 1 aliphatic heterocycles. The van der Waals surface area contributed by atoms with Gasteiger partial charge in [0.05, 0.1) is 27.4 Å². The second-order valence-corrected chi connectivity index (χ2v) is 11.5. The second kappa shape index (κ2) is 11.7. The number of hydrogen-bond donors (Lipinski definition) is 1. The van der Waals surface area contributed by atoms with Gasteiger partial charge in [-0.25, -0.2) is 13.8 Å². The maximum Gasteiger partial charge on any atom is 0.417 e. The van der Waals surface area contributed by atoms with E-state index in [4.69, 9.17) is 16.3 Å². The molecule has 13 heteroatoms. The smallest absolute Gasteiger partial charge is 0.417 e. The highest BCUT2D eigenvalue weighted by Crippen LogP contribution is 2.38. The molecule has 0 atom stereocenters. The van der Waals surface area contributed by atoms with E-state index in [0.29, 0.717) is 21.7 Å². The minimum absolute atomic E-state index is 0.196. The van der Waals surface area contributed by atoms with Crippen molar-refractivity contribution in [1.82, 2.24) is 5.43 Å². The van der Waals surface area contributed by atoms with Gasteiger partial charge < -0.3 is 4.74 Å². The minimum Gasteiger partial charge on any atom is -0.489 e. The Bertz CT molecular complexity index is 1420. The quantitative estimate of drug-likeness (QED) is 0.276. The summed E-state index contributed by atoms with van der Waals surface area (Å²) in [5, 5.41) is 3.24. The Labute approximate surface area is 226 Å². The van der Waals surface area contributed by atoms with Gasteiger partial charge in [-0.2, -0.15) is 30.0 Å². The van der Waals surface area contributed by atoms with E-state index in [9.17, 15) is 26.4 Å². The number of amides is 1. The van der Waals surface area contributed by atoms with Gasteiger partial charge in [0.1, 0.15) is 18.4 Å². The zero-order valence-corrected chi connectivity index (χ0v) is 21.9. The van der Waals surface area contributed by atoms with Crippen LogP contribution in [-0.2, 0) is 21.0 Å². The maximum absolute atomic E-state index is 13.5. The van der Waals surface area contributed by atoms with Crippen molar-refractivity contribution in [2.45, 2.75) is 17.2 Å². The molecule has 0 unspecified atom stereocenters. The predicted molar refractivity (Wildman–Crippen MR) is 141 cm³/mol. The summed E-state index contributed by atoms with van der Waals surface area (Å²) in [7, 11) is -4.42. The van der Waals surface area contributed by atoms with Gasteiger partial charge in [-0.05, 0) is 60.2 Å². The van der Waals surface area contributed by atoms with Crippen LogP contribution in [-0.4, -0.2) is 44.7 Å². The fourth-order valence-electron chi connectivity index (χ4n) is 3.37. The summed E-state index contributed by atoms with van der Waals surface area (Å²) in [6.07, 6.45) is -3.29. The first kappa shape index (κ1) is 27.8. The number of alkyl halides is 3. The fourth-order valence-corrected chi connectivity index (χ4v) is 5.59. The summed E-state index contributed by atoms with van der Waals surface area (Å²) >= 11 is 7.50. The van der Waals surface area contributed by atoms with Crippen molar-refractivity contribution in [3.05, 3.63) is 88.9 Å². The first-order valence-electron chi connectivity index (χ1n) is 11.1. The van der Waals surface area contributed by atoms with Crippen LogP contribution >= 0.6 is 23.4 Å². The van der Waals surface area contributed by atoms with Gasteiger partial charge in [-0.1, -0.05) is 29.8 Å². The summed E-state index contributed by atoms with van der Waals surface area (Å²) in [4.78, 5) is 12.5. The van der Waals surface area contributed by atoms with Crippen LogP contribution in [0.2, 0.25) is 5.02 Å². The van der Waals surface area contributed by atoms with E-state index >= 15 is 0 Å². The van der Waals surface area contributed by atoms with Gasteiger partial charge in [0.2, 0.25) is 0 Å². The largest absolute Gasteiger partial charge is 0.489 e. The molecular formula is C25H21ClF3N3O4S2. The predicted octanol–water partition coefficient (Wildman–Crippen LogP) is 5.20. The highest BCUT2D eigenvalue weighted by atomic mass is 35.5. The van der Waals surface area contributed by atoms with Crippen LogP contribution in [0.1, 0.15) is 11.1 Å². The molecule has 4 rings (SSSR count). The van der Waals surface area contributed by atoms with Gasteiger partial charge in [-0.15, -0.1) is 0 Å². The third-order valence-electron chi connectivity index (χ3n) is 5.35. The van der Waals surface area contributed by atoms with Gasteiger partial charge in [-0.3, -0.25) is 9.10 Å². The van der Waals surface area contributed by atoms with Gasteiger partial charge in [0.15, 0.2) is 0 Å². The summed E-state index contributed by atoms with van der Waals surface area (Å²) in [5.41, 5.74) is 1.25. The molecule has 0 saturated carbocycles. The number of carbonyl (C=O) groups excluding carboxylic acids is 1. The summed E-state index contributed by atoms with van der Waals surface area (Å²) in [6, 6.07) is 16.7. The van der Waals surface area contributed by atoms with Crippen molar-refractivity contribution in [3.63, 3.8) is 0 Å². The van der Waals surface area contributed by atoms with Crippen LogP contribution in [0.4, 0.5) is 18.9 Å². The number of anilines is 1. The number of thioether (sulfide) groups is 1. The Morgan fingerprint density at radius 3 is 2.39 bits per heavy atom. The highest BCUT2D eigenvalue weighted by Gasteiger charge is 2.35. The van der Waals surface area contributed by atoms with Crippen molar-refractivity contribution < 1.29 is 31.1 Å².